The van der Waals surface area contributed by atoms with Crippen LogP contribution in [0.25, 0.3) is 0 Å². The fourth-order valence-electron chi connectivity index (χ4n) is 2.37. The van der Waals surface area contributed by atoms with Crippen LogP contribution in [0.15, 0.2) is 24.3 Å². The van der Waals surface area contributed by atoms with Crippen LogP contribution >= 0.6 is 11.6 Å². The number of aromatic nitrogens is 2. The number of hydrogen-bond donors (Lipinski definition) is 2. The minimum Gasteiger partial charge on any atom is -0.324 e. The maximum absolute atomic E-state index is 11.9. The molecule has 0 unspecified atom stereocenters. The summed E-state index contributed by atoms with van der Waals surface area (Å²) in [5.74, 6) is -0.0955. The fraction of sp³-hybridized carbons (Fsp3) is 0.412. The molecule has 0 fully saturated rings. The Hall–Kier alpha value is -1.85. The second-order valence-corrected chi connectivity index (χ2v) is 6.12. The molecule has 0 atom stereocenters. The normalized spacial score (nSPS) is 10.8. The summed E-state index contributed by atoms with van der Waals surface area (Å²) in [5.41, 5.74) is 3.90. The third-order valence-corrected chi connectivity index (χ3v) is 3.82. The number of aryl methyl sites for hydroxylation is 4. The molecule has 0 bridgehead atoms. The number of carbonyl (C=O) groups is 1. The highest BCUT2D eigenvalue weighted by molar-refractivity contribution is 6.33. The van der Waals surface area contributed by atoms with Gasteiger partial charge in [0.05, 0.1) is 22.9 Å². The smallest absolute Gasteiger partial charge is 0.238 e. The molecule has 0 aliphatic rings. The number of rotatable bonds is 7. The Labute approximate surface area is 142 Å². The highest BCUT2D eigenvalue weighted by Crippen LogP contribution is 2.22. The van der Waals surface area contributed by atoms with E-state index in [-0.39, 0.29) is 12.5 Å². The van der Waals surface area contributed by atoms with Gasteiger partial charge in [-0.05, 0) is 57.5 Å². The van der Waals surface area contributed by atoms with E-state index >= 15 is 0 Å². The Morgan fingerprint density at radius 3 is 2.70 bits per heavy atom. The van der Waals surface area contributed by atoms with Crippen LogP contribution in [0.2, 0.25) is 5.02 Å². The van der Waals surface area contributed by atoms with Crippen molar-refractivity contribution in [3.05, 3.63) is 46.2 Å². The Morgan fingerprint density at radius 1 is 1.26 bits per heavy atom. The van der Waals surface area contributed by atoms with Crippen molar-refractivity contribution in [2.45, 2.75) is 33.7 Å². The van der Waals surface area contributed by atoms with E-state index in [2.05, 4.69) is 21.8 Å². The summed E-state index contributed by atoms with van der Waals surface area (Å²) < 4.78 is 1.99. The van der Waals surface area contributed by atoms with Gasteiger partial charge in [0.2, 0.25) is 5.91 Å². The van der Waals surface area contributed by atoms with Gasteiger partial charge in [0.25, 0.3) is 0 Å². The molecule has 1 aromatic carbocycles. The van der Waals surface area contributed by atoms with Gasteiger partial charge in [0.1, 0.15) is 0 Å². The summed E-state index contributed by atoms with van der Waals surface area (Å²) >= 11 is 6.10. The number of nitrogens with one attached hydrogen (secondary N) is 2. The Bertz CT molecular complexity index is 681. The molecule has 5 nitrogen and oxygen atoms in total. The van der Waals surface area contributed by atoms with Gasteiger partial charge in [0, 0.05) is 12.2 Å². The van der Waals surface area contributed by atoms with Crippen molar-refractivity contribution in [2.24, 2.45) is 0 Å². The van der Waals surface area contributed by atoms with Crippen molar-refractivity contribution in [3.8, 4) is 0 Å². The number of hydrogen-bond acceptors (Lipinski definition) is 3. The topological polar surface area (TPSA) is 59.0 Å². The zero-order valence-corrected chi connectivity index (χ0v) is 14.6. The molecule has 6 heteroatoms. The van der Waals surface area contributed by atoms with E-state index in [1.54, 1.807) is 0 Å². The summed E-state index contributed by atoms with van der Waals surface area (Å²) in [7, 11) is 0. The van der Waals surface area contributed by atoms with Crippen LogP contribution in [-0.4, -0.2) is 28.8 Å². The van der Waals surface area contributed by atoms with Gasteiger partial charge in [-0.2, -0.15) is 5.10 Å². The van der Waals surface area contributed by atoms with Crippen molar-refractivity contribution in [1.29, 1.82) is 0 Å². The highest BCUT2D eigenvalue weighted by Gasteiger charge is 2.06. The molecule has 0 saturated carbocycles. The average Bonchev–Trinajstić information content (AvgIpc) is 2.80. The van der Waals surface area contributed by atoms with Gasteiger partial charge in [0.15, 0.2) is 0 Å². The standard InChI is InChI=1S/C17H23ClN4O/c1-12-5-6-16(15(18)9-12)20-17(23)11-19-7-4-8-22-14(3)10-13(2)21-22/h5-6,9-10,19H,4,7-8,11H2,1-3H3,(H,20,23). The predicted octanol–water partition coefficient (Wildman–Crippen LogP) is 3.08. The van der Waals surface area contributed by atoms with Gasteiger partial charge >= 0.3 is 0 Å². The van der Waals surface area contributed by atoms with E-state index in [4.69, 9.17) is 11.6 Å². The van der Waals surface area contributed by atoms with E-state index in [1.807, 2.05) is 43.7 Å². The number of halogens is 1. The molecule has 0 spiro atoms. The fourth-order valence-corrected chi connectivity index (χ4v) is 2.66. The Balaban J connectivity index is 1.68. The van der Waals surface area contributed by atoms with Crippen molar-refractivity contribution < 1.29 is 4.79 Å². The molecule has 0 aliphatic carbocycles. The van der Waals surface area contributed by atoms with Gasteiger partial charge in [-0.25, -0.2) is 0 Å². The van der Waals surface area contributed by atoms with Crippen LogP contribution in [0.3, 0.4) is 0 Å². The first-order valence-electron chi connectivity index (χ1n) is 7.73. The first kappa shape index (κ1) is 17.5. The van der Waals surface area contributed by atoms with Gasteiger partial charge in [-0.3, -0.25) is 9.48 Å². The quantitative estimate of drug-likeness (QED) is 0.765. The maximum atomic E-state index is 11.9. The monoisotopic (exact) mass is 334 g/mol. The van der Waals surface area contributed by atoms with E-state index < -0.39 is 0 Å². The Kier molecular flexibility index (Phi) is 6.19. The van der Waals surface area contributed by atoms with Crippen LogP contribution in [0.5, 0.6) is 0 Å². The largest absolute Gasteiger partial charge is 0.324 e. The first-order valence-corrected chi connectivity index (χ1v) is 8.11. The molecule has 0 saturated heterocycles. The molecule has 2 aromatic rings. The van der Waals surface area contributed by atoms with Gasteiger partial charge < -0.3 is 10.6 Å². The lowest BCUT2D eigenvalue weighted by atomic mass is 10.2. The van der Waals surface area contributed by atoms with Gasteiger partial charge in [-0.15, -0.1) is 0 Å². The SMILES string of the molecule is Cc1ccc(NC(=O)CNCCCn2nc(C)cc2C)c(Cl)c1. The highest BCUT2D eigenvalue weighted by atomic mass is 35.5. The molecular formula is C17H23ClN4O. The summed E-state index contributed by atoms with van der Waals surface area (Å²) in [6, 6.07) is 7.63. The third kappa shape index (κ3) is 5.37. The molecule has 124 valence electrons. The zero-order valence-electron chi connectivity index (χ0n) is 13.8. The van der Waals surface area contributed by atoms with Crippen LogP contribution < -0.4 is 10.6 Å². The summed E-state index contributed by atoms with van der Waals surface area (Å²) in [6.45, 7) is 7.86. The molecule has 1 heterocycles. The molecule has 2 N–H and O–H groups in total. The summed E-state index contributed by atoms with van der Waals surface area (Å²) in [4.78, 5) is 11.9. The van der Waals surface area contributed by atoms with Crippen molar-refractivity contribution >= 4 is 23.2 Å². The van der Waals surface area contributed by atoms with Crippen molar-refractivity contribution in [1.82, 2.24) is 15.1 Å². The van der Waals surface area contributed by atoms with E-state index in [0.717, 1.165) is 36.5 Å². The molecule has 2 rings (SSSR count). The predicted molar refractivity (Wildman–Crippen MR) is 94.0 cm³/mol. The number of amides is 1. The van der Waals surface area contributed by atoms with Crippen LogP contribution in [0, 0.1) is 20.8 Å². The zero-order chi connectivity index (χ0) is 16.8. The number of benzene rings is 1. The van der Waals surface area contributed by atoms with Gasteiger partial charge in [-0.1, -0.05) is 17.7 Å². The second kappa shape index (κ2) is 8.13. The lowest BCUT2D eigenvalue weighted by Gasteiger charge is -2.09. The van der Waals surface area contributed by atoms with Crippen LogP contribution in [0.1, 0.15) is 23.4 Å². The average molecular weight is 335 g/mol. The number of carbonyl (C=O) groups excluding carboxylic acids is 1. The van der Waals surface area contributed by atoms with E-state index in [1.165, 1.54) is 0 Å². The molecule has 23 heavy (non-hydrogen) atoms. The minimum absolute atomic E-state index is 0.0955. The second-order valence-electron chi connectivity index (χ2n) is 5.71. The number of anilines is 1. The summed E-state index contributed by atoms with van der Waals surface area (Å²) in [5, 5.41) is 10.9. The minimum atomic E-state index is -0.0955. The lowest BCUT2D eigenvalue weighted by molar-refractivity contribution is -0.115. The molecule has 1 aromatic heterocycles. The van der Waals surface area contributed by atoms with Crippen molar-refractivity contribution in [3.63, 3.8) is 0 Å². The molecular weight excluding hydrogens is 312 g/mol. The first-order chi connectivity index (χ1) is 11.0. The van der Waals surface area contributed by atoms with E-state index in [9.17, 15) is 4.79 Å². The third-order valence-electron chi connectivity index (χ3n) is 3.51. The molecule has 1 amide bonds. The lowest BCUT2D eigenvalue weighted by Crippen LogP contribution is -2.29. The Morgan fingerprint density at radius 2 is 2.04 bits per heavy atom. The molecule has 0 radical (unpaired) electrons. The maximum Gasteiger partial charge on any atom is 0.238 e. The van der Waals surface area contributed by atoms with E-state index in [0.29, 0.717) is 10.7 Å². The number of nitrogens with zero attached hydrogens (tertiary/aromatic N) is 2. The summed E-state index contributed by atoms with van der Waals surface area (Å²) in [6.07, 6.45) is 0.917. The van der Waals surface area contributed by atoms with Crippen LogP contribution in [-0.2, 0) is 11.3 Å². The van der Waals surface area contributed by atoms with Crippen molar-refractivity contribution in [2.75, 3.05) is 18.4 Å². The van der Waals surface area contributed by atoms with Crippen LogP contribution in [0.4, 0.5) is 5.69 Å². The molecule has 0 aliphatic heterocycles.